The van der Waals surface area contributed by atoms with E-state index in [0.29, 0.717) is 32.4 Å². The predicted octanol–water partition coefficient (Wildman–Crippen LogP) is 2.16. The second-order valence-corrected chi connectivity index (χ2v) is 9.85. The molecule has 148 valence electrons. The van der Waals surface area contributed by atoms with E-state index in [1.807, 2.05) is 45.0 Å². The molecule has 1 aliphatic heterocycles. The molecule has 1 saturated carbocycles. The summed E-state index contributed by atoms with van der Waals surface area (Å²) in [5, 5.41) is 0. The first kappa shape index (κ1) is 19.9. The third-order valence-corrected chi connectivity index (χ3v) is 7.44. The molecule has 3 rings (SSSR count). The molecule has 0 N–H and O–H groups in total. The molecule has 1 aliphatic carbocycles. The highest BCUT2D eigenvalue weighted by Gasteiger charge is 2.60. The first-order valence-electron chi connectivity index (χ1n) is 9.64. The Hall–Kier alpha value is -1.89. The number of carbonyl (C=O) groups is 2. The summed E-state index contributed by atoms with van der Waals surface area (Å²) in [6.45, 7) is 6.63. The maximum Gasteiger partial charge on any atom is 0.242 e. The van der Waals surface area contributed by atoms with E-state index in [1.54, 1.807) is 9.80 Å². The highest BCUT2D eigenvalue weighted by atomic mass is 32.2. The Bertz CT molecular complexity index is 845. The summed E-state index contributed by atoms with van der Waals surface area (Å²) in [6.07, 6.45) is 1.52. The number of amides is 2. The second-order valence-electron chi connectivity index (χ2n) is 7.62. The fourth-order valence-corrected chi connectivity index (χ4v) is 5.74. The highest BCUT2D eigenvalue weighted by Crippen LogP contribution is 2.50. The van der Waals surface area contributed by atoms with Crippen molar-refractivity contribution in [3.63, 3.8) is 0 Å². The number of hydrogen-bond donors (Lipinski definition) is 0. The molecule has 1 heterocycles. The number of anilines is 1. The van der Waals surface area contributed by atoms with Crippen LogP contribution in [0.25, 0.3) is 0 Å². The van der Waals surface area contributed by atoms with Gasteiger partial charge in [-0.2, -0.15) is 0 Å². The largest absolute Gasteiger partial charge is 0.338 e. The molecule has 1 aromatic carbocycles. The van der Waals surface area contributed by atoms with Gasteiger partial charge < -0.3 is 9.80 Å². The van der Waals surface area contributed by atoms with Crippen LogP contribution < -0.4 is 4.90 Å². The third-order valence-electron chi connectivity index (χ3n) is 5.69. The molecule has 1 atom stereocenters. The number of sulfone groups is 1. The Morgan fingerprint density at radius 1 is 1.15 bits per heavy atom. The third kappa shape index (κ3) is 3.74. The van der Waals surface area contributed by atoms with Gasteiger partial charge >= 0.3 is 0 Å². The summed E-state index contributed by atoms with van der Waals surface area (Å²) >= 11 is 0. The van der Waals surface area contributed by atoms with Crippen LogP contribution in [0.2, 0.25) is 0 Å². The maximum absolute atomic E-state index is 13.3. The van der Waals surface area contributed by atoms with E-state index in [2.05, 4.69) is 0 Å². The fourth-order valence-electron chi connectivity index (χ4n) is 4.01. The Balaban J connectivity index is 1.84. The van der Waals surface area contributed by atoms with E-state index < -0.39 is 15.3 Å². The lowest BCUT2D eigenvalue weighted by Crippen LogP contribution is -2.50. The lowest BCUT2D eigenvalue weighted by molar-refractivity contribution is -0.144. The van der Waals surface area contributed by atoms with Gasteiger partial charge in [0.15, 0.2) is 9.84 Å². The lowest BCUT2D eigenvalue weighted by atomic mass is 10.0. The molecule has 2 aliphatic rings. The summed E-state index contributed by atoms with van der Waals surface area (Å²) in [4.78, 5) is 29.9. The second kappa shape index (κ2) is 7.26. The monoisotopic (exact) mass is 392 g/mol. The van der Waals surface area contributed by atoms with Gasteiger partial charge in [0.2, 0.25) is 11.8 Å². The van der Waals surface area contributed by atoms with Crippen LogP contribution in [0.5, 0.6) is 0 Å². The van der Waals surface area contributed by atoms with Crippen LogP contribution in [0.1, 0.15) is 38.7 Å². The lowest BCUT2D eigenvalue weighted by Gasteiger charge is -2.33. The summed E-state index contributed by atoms with van der Waals surface area (Å²) in [7, 11) is -3.09. The van der Waals surface area contributed by atoms with Gasteiger partial charge in [0.1, 0.15) is 5.41 Å². The predicted molar refractivity (Wildman–Crippen MR) is 105 cm³/mol. The van der Waals surface area contributed by atoms with Crippen molar-refractivity contribution in [1.29, 1.82) is 0 Å². The van der Waals surface area contributed by atoms with E-state index in [1.165, 1.54) is 0 Å². The van der Waals surface area contributed by atoms with Crippen LogP contribution in [0.4, 0.5) is 5.69 Å². The zero-order chi connectivity index (χ0) is 19.8. The zero-order valence-corrected chi connectivity index (χ0v) is 17.1. The number of aryl methyl sites for hydroxylation is 1. The SMILES string of the molecule is CCN(C(=O)C1(C(=O)N(CC)C2CCS(=O)(=O)C2)CC1)c1cccc(C)c1. The minimum Gasteiger partial charge on any atom is -0.338 e. The van der Waals surface area contributed by atoms with E-state index >= 15 is 0 Å². The van der Waals surface area contributed by atoms with E-state index in [4.69, 9.17) is 0 Å². The molecule has 27 heavy (non-hydrogen) atoms. The molecule has 0 bridgehead atoms. The Morgan fingerprint density at radius 2 is 1.85 bits per heavy atom. The molecule has 1 unspecified atom stereocenters. The van der Waals surface area contributed by atoms with Gasteiger partial charge in [0, 0.05) is 24.8 Å². The fraction of sp³-hybridized carbons (Fsp3) is 0.600. The number of rotatable bonds is 6. The van der Waals surface area contributed by atoms with Crippen LogP contribution in [0, 0.1) is 12.3 Å². The van der Waals surface area contributed by atoms with Gasteiger partial charge in [0.05, 0.1) is 11.5 Å². The molecule has 1 aromatic rings. The maximum atomic E-state index is 13.3. The van der Waals surface area contributed by atoms with Crippen LogP contribution in [0.3, 0.4) is 0 Å². The molecule has 7 heteroatoms. The molecule has 0 radical (unpaired) electrons. The Kier molecular flexibility index (Phi) is 5.34. The van der Waals surface area contributed by atoms with Gasteiger partial charge in [-0.05, 0) is 57.7 Å². The first-order chi connectivity index (χ1) is 12.7. The summed E-state index contributed by atoms with van der Waals surface area (Å²) in [5.74, 6) is -0.248. The minimum absolute atomic E-state index is 0.00617. The average Bonchev–Trinajstić information content (AvgIpc) is 3.35. The van der Waals surface area contributed by atoms with E-state index in [-0.39, 0.29) is 29.4 Å². The van der Waals surface area contributed by atoms with Crippen molar-refractivity contribution >= 4 is 27.3 Å². The average molecular weight is 393 g/mol. The standard InChI is InChI=1S/C20H28N2O4S/c1-4-21(16-8-6-7-15(3)13-16)18(23)20(10-11-20)19(24)22(5-2)17-9-12-27(25,26)14-17/h6-8,13,17H,4-5,9-12,14H2,1-3H3. The van der Waals surface area contributed by atoms with Gasteiger partial charge in [-0.25, -0.2) is 8.42 Å². The van der Waals surface area contributed by atoms with E-state index in [9.17, 15) is 18.0 Å². The van der Waals surface area contributed by atoms with Crippen molar-refractivity contribution in [3.8, 4) is 0 Å². The number of benzene rings is 1. The Morgan fingerprint density at radius 3 is 2.33 bits per heavy atom. The highest BCUT2D eigenvalue weighted by molar-refractivity contribution is 7.91. The van der Waals surface area contributed by atoms with Crippen molar-refractivity contribution in [2.45, 2.75) is 46.1 Å². The summed E-state index contributed by atoms with van der Waals surface area (Å²) in [6, 6.07) is 7.40. The van der Waals surface area contributed by atoms with Crippen molar-refractivity contribution in [2.75, 3.05) is 29.5 Å². The minimum atomic E-state index is -3.09. The van der Waals surface area contributed by atoms with Crippen LogP contribution >= 0.6 is 0 Å². The molecule has 0 aromatic heterocycles. The zero-order valence-electron chi connectivity index (χ0n) is 16.3. The van der Waals surface area contributed by atoms with Crippen LogP contribution in [0.15, 0.2) is 24.3 Å². The van der Waals surface area contributed by atoms with Crippen LogP contribution in [-0.4, -0.2) is 55.8 Å². The molecular formula is C20H28N2O4S. The van der Waals surface area contributed by atoms with Crippen molar-refractivity contribution in [3.05, 3.63) is 29.8 Å². The quantitative estimate of drug-likeness (QED) is 0.696. The first-order valence-corrected chi connectivity index (χ1v) is 11.5. The van der Waals surface area contributed by atoms with Gasteiger partial charge in [-0.3, -0.25) is 9.59 Å². The van der Waals surface area contributed by atoms with Crippen molar-refractivity contribution in [1.82, 2.24) is 4.90 Å². The molecule has 6 nitrogen and oxygen atoms in total. The van der Waals surface area contributed by atoms with Crippen LogP contribution in [-0.2, 0) is 19.4 Å². The van der Waals surface area contributed by atoms with Gasteiger partial charge in [-0.15, -0.1) is 0 Å². The molecular weight excluding hydrogens is 364 g/mol. The topological polar surface area (TPSA) is 74.8 Å². The van der Waals surface area contributed by atoms with Gasteiger partial charge in [0.25, 0.3) is 0 Å². The smallest absolute Gasteiger partial charge is 0.242 e. The summed E-state index contributed by atoms with van der Waals surface area (Å²) < 4.78 is 23.7. The molecule has 1 saturated heterocycles. The number of carbonyl (C=O) groups excluding carboxylic acids is 2. The molecule has 2 fully saturated rings. The van der Waals surface area contributed by atoms with Crippen molar-refractivity contribution < 1.29 is 18.0 Å². The Labute approximate surface area is 161 Å². The molecule has 0 spiro atoms. The summed E-state index contributed by atoms with van der Waals surface area (Å²) in [5.41, 5.74) is 0.830. The number of hydrogen-bond acceptors (Lipinski definition) is 4. The van der Waals surface area contributed by atoms with Gasteiger partial charge in [-0.1, -0.05) is 12.1 Å². The van der Waals surface area contributed by atoms with E-state index in [0.717, 1.165) is 11.3 Å². The van der Waals surface area contributed by atoms with Crippen molar-refractivity contribution in [2.24, 2.45) is 5.41 Å². The molecule has 2 amide bonds. The number of nitrogens with zero attached hydrogens (tertiary/aromatic N) is 2. The normalized spacial score (nSPS) is 22.3.